The van der Waals surface area contributed by atoms with Gasteiger partial charge in [-0.2, -0.15) is 0 Å². The van der Waals surface area contributed by atoms with Crippen LogP contribution < -0.4 is 5.73 Å². The van der Waals surface area contributed by atoms with Gasteiger partial charge in [-0.25, -0.2) is 4.79 Å². The number of hydrogen-bond acceptors (Lipinski definition) is 5. The van der Waals surface area contributed by atoms with E-state index in [4.69, 9.17) is 33.7 Å². The summed E-state index contributed by atoms with van der Waals surface area (Å²) in [6, 6.07) is 5.15. The number of hydrogen-bond donors (Lipinski definition) is 1. The van der Waals surface area contributed by atoms with Gasteiger partial charge in [-0.15, -0.1) is 11.3 Å². The van der Waals surface area contributed by atoms with E-state index in [0.717, 1.165) is 4.70 Å². The molecule has 2 N–H and O–H groups in total. The van der Waals surface area contributed by atoms with Crippen molar-refractivity contribution in [2.75, 3.05) is 19.7 Å². The van der Waals surface area contributed by atoms with Crippen LogP contribution in [0.25, 0.3) is 10.1 Å². The van der Waals surface area contributed by atoms with Crippen LogP contribution in [-0.4, -0.2) is 42.4 Å². The number of carbonyl (C=O) groups is 3. The molecule has 1 aromatic heterocycles. The number of halogens is 2. The summed E-state index contributed by atoms with van der Waals surface area (Å²) in [5.41, 5.74) is 5.28. The molecule has 1 fully saturated rings. The van der Waals surface area contributed by atoms with E-state index in [0.29, 0.717) is 41.4 Å². The first-order chi connectivity index (χ1) is 12.4. The van der Waals surface area contributed by atoms with Crippen LogP contribution in [0.2, 0.25) is 10.0 Å². The molecule has 0 saturated carbocycles. The topological polar surface area (TPSA) is 89.7 Å². The normalized spacial score (nSPS) is 15.2. The number of likely N-dealkylation sites (tertiary alicyclic amines) is 1. The van der Waals surface area contributed by atoms with Gasteiger partial charge >= 0.3 is 5.97 Å². The lowest BCUT2D eigenvalue weighted by molar-refractivity contribution is -0.137. The molecule has 3 rings (SSSR count). The van der Waals surface area contributed by atoms with Crippen LogP contribution in [0.3, 0.4) is 0 Å². The number of thiophene rings is 1. The summed E-state index contributed by atoms with van der Waals surface area (Å²) < 4.78 is 5.90. The molecule has 6 nitrogen and oxygen atoms in total. The summed E-state index contributed by atoms with van der Waals surface area (Å²) in [5.74, 6) is -1.50. The minimum Gasteiger partial charge on any atom is -0.451 e. The number of primary amides is 1. The lowest BCUT2D eigenvalue weighted by atomic mass is 9.96. The van der Waals surface area contributed by atoms with Gasteiger partial charge in [0.2, 0.25) is 5.91 Å². The van der Waals surface area contributed by atoms with Crippen LogP contribution >= 0.6 is 34.5 Å². The second kappa shape index (κ2) is 7.82. The number of nitrogens with zero attached hydrogens (tertiary/aromatic N) is 1. The van der Waals surface area contributed by atoms with Crippen molar-refractivity contribution < 1.29 is 19.1 Å². The Morgan fingerprint density at radius 3 is 2.58 bits per heavy atom. The first-order valence-electron chi connectivity index (χ1n) is 7.98. The Labute approximate surface area is 163 Å². The highest BCUT2D eigenvalue weighted by Crippen LogP contribution is 2.37. The van der Waals surface area contributed by atoms with Gasteiger partial charge < -0.3 is 15.4 Å². The van der Waals surface area contributed by atoms with Crippen molar-refractivity contribution in [3.05, 3.63) is 33.1 Å². The predicted octanol–water partition coefficient (Wildman–Crippen LogP) is 3.09. The fraction of sp³-hybridized carbons (Fsp3) is 0.353. The first kappa shape index (κ1) is 18.9. The zero-order valence-corrected chi connectivity index (χ0v) is 16.0. The van der Waals surface area contributed by atoms with Crippen molar-refractivity contribution >= 4 is 62.4 Å². The minimum absolute atomic E-state index is 0.203. The van der Waals surface area contributed by atoms with Gasteiger partial charge in [0.15, 0.2) is 6.61 Å². The van der Waals surface area contributed by atoms with Crippen LogP contribution in [-0.2, 0) is 14.3 Å². The van der Waals surface area contributed by atoms with Gasteiger partial charge in [0.05, 0.1) is 5.02 Å². The third-order valence-corrected chi connectivity index (χ3v) is 6.23. The zero-order chi connectivity index (χ0) is 18.8. The molecule has 1 aromatic carbocycles. The van der Waals surface area contributed by atoms with E-state index < -0.39 is 5.97 Å². The molecule has 1 aliphatic heterocycles. The Balaban J connectivity index is 1.60. The summed E-state index contributed by atoms with van der Waals surface area (Å²) >= 11 is 13.4. The monoisotopic (exact) mass is 414 g/mol. The Hall–Kier alpha value is -1.83. The molecule has 2 aromatic rings. The molecule has 1 aliphatic rings. The fourth-order valence-corrected chi connectivity index (χ4v) is 4.55. The van der Waals surface area contributed by atoms with E-state index in [-0.39, 0.29) is 29.2 Å². The first-order valence-corrected chi connectivity index (χ1v) is 9.56. The quantitative estimate of drug-likeness (QED) is 0.778. The number of esters is 1. The van der Waals surface area contributed by atoms with E-state index in [2.05, 4.69) is 0 Å². The second-order valence-corrected chi connectivity index (χ2v) is 7.89. The molecule has 0 unspecified atom stereocenters. The van der Waals surface area contributed by atoms with Gasteiger partial charge in [0.1, 0.15) is 4.88 Å². The van der Waals surface area contributed by atoms with Crippen LogP contribution in [0, 0.1) is 5.92 Å². The second-order valence-electron chi connectivity index (χ2n) is 6.02. The van der Waals surface area contributed by atoms with E-state index in [1.807, 2.05) is 0 Å². The third-order valence-electron chi connectivity index (χ3n) is 4.35. The van der Waals surface area contributed by atoms with E-state index in [1.54, 1.807) is 23.1 Å². The van der Waals surface area contributed by atoms with Gasteiger partial charge in [0.25, 0.3) is 5.91 Å². The van der Waals surface area contributed by atoms with E-state index in [1.165, 1.54) is 11.3 Å². The van der Waals surface area contributed by atoms with Gasteiger partial charge in [0, 0.05) is 34.1 Å². The lowest BCUT2D eigenvalue weighted by Crippen LogP contribution is -2.43. The average Bonchev–Trinajstić information content (AvgIpc) is 2.95. The van der Waals surface area contributed by atoms with Crippen molar-refractivity contribution in [1.82, 2.24) is 4.90 Å². The maximum atomic E-state index is 12.3. The number of piperidine rings is 1. The summed E-state index contributed by atoms with van der Waals surface area (Å²) in [6.45, 7) is 0.476. The molecule has 26 heavy (non-hydrogen) atoms. The number of amides is 2. The van der Waals surface area contributed by atoms with Gasteiger partial charge in [-0.1, -0.05) is 29.3 Å². The number of nitrogens with two attached hydrogens (primary N) is 1. The zero-order valence-electron chi connectivity index (χ0n) is 13.7. The molecule has 0 bridgehead atoms. The maximum absolute atomic E-state index is 12.3. The number of rotatable bonds is 4. The Morgan fingerprint density at radius 1 is 1.23 bits per heavy atom. The van der Waals surface area contributed by atoms with Crippen molar-refractivity contribution in [3.63, 3.8) is 0 Å². The number of ether oxygens (including phenoxy) is 1. The van der Waals surface area contributed by atoms with Crippen molar-refractivity contribution in [1.29, 1.82) is 0 Å². The van der Waals surface area contributed by atoms with Crippen LogP contribution in [0.5, 0.6) is 0 Å². The average molecular weight is 415 g/mol. The predicted molar refractivity (Wildman–Crippen MR) is 101 cm³/mol. The van der Waals surface area contributed by atoms with Crippen molar-refractivity contribution in [3.8, 4) is 0 Å². The van der Waals surface area contributed by atoms with Crippen LogP contribution in [0.1, 0.15) is 22.5 Å². The molecule has 138 valence electrons. The highest BCUT2D eigenvalue weighted by molar-refractivity contribution is 7.21. The third kappa shape index (κ3) is 3.95. The molecular weight excluding hydrogens is 399 g/mol. The Morgan fingerprint density at radius 2 is 1.92 bits per heavy atom. The summed E-state index contributed by atoms with van der Waals surface area (Å²) in [7, 11) is 0. The highest BCUT2D eigenvalue weighted by Gasteiger charge is 2.27. The minimum atomic E-state index is -0.646. The molecule has 2 heterocycles. The smallest absolute Gasteiger partial charge is 0.350 e. The molecule has 1 saturated heterocycles. The van der Waals surface area contributed by atoms with Gasteiger partial charge in [-0.3, -0.25) is 9.59 Å². The molecule has 0 radical (unpaired) electrons. The largest absolute Gasteiger partial charge is 0.451 e. The maximum Gasteiger partial charge on any atom is 0.350 e. The molecule has 0 aliphatic carbocycles. The summed E-state index contributed by atoms with van der Waals surface area (Å²) in [4.78, 5) is 37.5. The van der Waals surface area contributed by atoms with E-state index in [9.17, 15) is 14.4 Å². The van der Waals surface area contributed by atoms with Crippen LogP contribution in [0.4, 0.5) is 0 Å². The van der Waals surface area contributed by atoms with E-state index >= 15 is 0 Å². The molecule has 2 amide bonds. The Bertz CT molecular complexity index is 875. The fourth-order valence-electron chi connectivity index (χ4n) is 2.87. The van der Waals surface area contributed by atoms with Gasteiger partial charge in [-0.05, 0) is 25.0 Å². The number of carbonyl (C=O) groups excluding carboxylic acids is 3. The summed E-state index contributed by atoms with van der Waals surface area (Å²) in [6.07, 6.45) is 1.05. The van der Waals surface area contributed by atoms with Crippen LogP contribution in [0.15, 0.2) is 18.2 Å². The Kier molecular flexibility index (Phi) is 5.70. The van der Waals surface area contributed by atoms with Crippen molar-refractivity contribution in [2.24, 2.45) is 11.7 Å². The van der Waals surface area contributed by atoms with Crippen molar-refractivity contribution in [2.45, 2.75) is 12.8 Å². The molecule has 0 atom stereocenters. The molecular formula is C17H16Cl2N2O4S. The number of benzene rings is 1. The summed E-state index contributed by atoms with van der Waals surface area (Å²) in [5, 5.41) is 1.55. The number of fused-ring (bicyclic) bond motifs is 1. The SMILES string of the molecule is NC(=O)C1CCN(C(=O)COC(=O)c2sc3cc(Cl)ccc3c2Cl)CC1. The highest BCUT2D eigenvalue weighted by atomic mass is 35.5. The lowest BCUT2D eigenvalue weighted by Gasteiger charge is -2.30. The molecule has 0 spiro atoms. The standard InChI is InChI=1S/C17H16Cl2N2O4S/c18-10-1-2-11-12(7-10)26-15(14(11)19)17(24)25-8-13(22)21-5-3-9(4-6-21)16(20)23/h1-2,7,9H,3-6,8H2,(H2,20,23). The molecule has 9 heteroatoms.